The number of allylic oxidation sites excluding steroid dienone is 24. The van der Waals surface area contributed by atoms with Crippen molar-refractivity contribution in [2.75, 3.05) is 39.6 Å². The maximum Gasteiger partial charge on any atom is 0.472 e. The zero-order valence-corrected chi connectivity index (χ0v) is 68.1. The number of aliphatic hydroxyl groups excluding tert-OH is 1. The number of unbranched alkanes of at least 4 members (excludes halogenated alkanes) is 26. The summed E-state index contributed by atoms with van der Waals surface area (Å²) in [6.45, 7) is 4.47. The van der Waals surface area contributed by atoms with Gasteiger partial charge in [-0.1, -0.05) is 302 Å². The van der Waals surface area contributed by atoms with Crippen LogP contribution in [0.1, 0.15) is 323 Å². The van der Waals surface area contributed by atoms with Crippen LogP contribution < -0.4 is 0 Å². The van der Waals surface area contributed by atoms with E-state index in [1.807, 2.05) is 0 Å². The van der Waals surface area contributed by atoms with Gasteiger partial charge >= 0.3 is 39.5 Å². The maximum atomic E-state index is 13.1. The summed E-state index contributed by atoms with van der Waals surface area (Å²) in [5.74, 6) is -2.26. The Morgan fingerprint density at radius 2 is 0.491 bits per heavy atom. The summed E-state index contributed by atoms with van der Waals surface area (Å²) in [5, 5.41) is 10.7. The van der Waals surface area contributed by atoms with Crippen molar-refractivity contribution >= 4 is 39.5 Å². The van der Waals surface area contributed by atoms with Gasteiger partial charge in [0.2, 0.25) is 0 Å². The van der Waals surface area contributed by atoms with Crippen LogP contribution in [0.3, 0.4) is 0 Å². The first-order valence-electron chi connectivity index (χ1n) is 41.1. The summed E-state index contributed by atoms with van der Waals surface area (Å²) in [4.78, 5) is 73.1. The number of carbonyl (C=O) groups excluding carboxylic acids is 4. The minimum atomic E-state index is -5.00. The molecule has 0 bridgehead atoms. The Balaban J connectivity index is 5.43. The smallest absolute Gasteiger partial charge is 0.462 e. The standard InChI is InChI=1S/C87H146O17P2/c1-5-9-13-17-21-25-29-33-37-39-40-42-46-48-52-56-60-64-68-72-85(90)98-78-83(104-87(92)74-70-66-62-58-54-50-44-36-32-28-24-20-16-12-8-4)80-102-106(95,96)100-76-81(88)75-99-105(93,94)101-79-82(103-86(91)73-69-65-61-57-53-49-43-35-31-27-23-19-15-11-7-3)77-97-84(89)71-67-63-59-55-51-47-45-41-38-34-30-26-22-18-14-10-6-2/h9-11,13-15,21-23,25-27,33-35,37-38,40,42-43,48,52-53,57,81-83,88H,5-8,12,16-20,24,28-32,36,39,41,44-47,49-51,54-56,58-80H2,1-4H3,(H,93,94)(H,95,96)/b13-9-,14-10-,15-11-,25-21-,26-22-,27-23-,37-33-,38-34-,42-40-,43-35-,52-48-,57-53-. The summed E-state index contributed by atoms with van der Waals surface area (Å²) >= 11 is 0. The van der Waals surface area contributed by atoms with E-state index in [0.29, 0.717) is 32.1 Å². The van der Waals surface area contributed by atoms with Crippen LogP contribution in [-0.2, 0) is 65.4 Å². The van der Waals surface area contributed by atoms with Gasteiger partial charge in [-0.2, -0.15) is 0 Å². The van der Waals surface area contributed by atoms with Crippen LogP contribution in [0, 0.1) is 0 Å². The fourth-order valence-corrected chi connectivity index (χ4v) is 12.2. The van der Waals surface area contributed by atoms with E-state index in [4.69, 9.17) is 37.0 Å². The van der Waals surface area contributed by atoms with Gasteiger partial charge in [0.25, 0.3) is 0 Å². The Kier molecular flexibility index (Phi) is 74.3. The molecule has 0 rings (SSSR count). The zero-order valence-electron chi connectivity index (χ0n) is 66.3. The van der Waals surface area contributed by atoms with E-state index < -0.39 is 97.5 Å². The van der Waals surface area contributed by atoms with Crippen molar-refractivity contribution in [3.05, 3.63) is 146 Å². The van der Waals surface area contributed by atoms with E-state index in [1.54, 1.807) is 0 Å². The predicted octanol–water partition coefficient (Wildman–Crippen LogP) is 24.2. The quantitative estimate of drug-likeness (QED) is 0.0169. The molecule has 0 aromatic rings. The van der Waals surface area contributed by atoms with Crippen molar-refractivity contribution in [3.8, 4) is 0 Å². The van der Waals surface area contributed by atoms with Crippen LogP contribution in [-0.4, -0.2) is 96.7 Å². The third kappa shape index (κ3) is 77.1. The summed E-state index contributed by atoms with van der Waals surface area (Å²) in [5.41, 5.74) is 0. The molecule has 0 saturated heterocycles. The minimum Gasteiger partial charge on any atom is -0.462 e. The molecular weight excluding hydrogens is 1380 g/mol. The highest BCUT2D eigenvalue weighted by molar-refractivity contribution is 7.47. The second-order valence-corrected chi connectivity index (χ2v) is 29.8. The summed E-state index contributed by atoms with van der Waals surface area (Å²) < 4.78 is 68.6. The molecule has 0 fully saturated rings. The fraction of sp³-hybridized carbons (Fsp3) is 0.678. The predicted molar refractivity (Wildman–Crippen MR) is 436 cm³/mol. The van der Waals surface area contributed by atoms with Gasteiger partial charge in [-0.15, -0.1) is 0 Å². The molecule has 0 aromatic carbocycles. The second kappa shape index (κ2) is 78.1. The van der Waals surface area contributed by atoms with Gasteiger partial charge in [0.05, 0.1) is 26.4 Å². The van der Waals surface area contributed by atoms with E-state index in [0.717, 1.165) is 173 Å². The Bertz CT molecular complexity index is 2580. The average Bonchev–Trinajstić information content (AvgIpc) is 0.909. The molecular formula is C87H146O17P2. The van der Waals surface area contributed by atoms with Crippen molar-refractivity contribution in [3.63, 3.8) is 0 Å². The Morgan fingerprint density at radius 1 is 0.274 bits per heavy atom. The van der Waals surface area contributed by atoms with Crippen molar-refractivity contribution < 1.29 is 80.2 Å². The number of carbonyl (C=O) groups is 4. The topological polar surface area (TPSA) is 237 Å². The molecule has 0 aliphatic carbocycles. The number of aliphatic hydroxyl groups is 1. The fourth-order valence-electron chi connectivity index (χ4n) is 10.7. The van der Waals surface area contributed by atoms with Gasteiger partial charge in [0.15, 0.2) is 12.2 Å². The third-order valence-corrected chi connectivity index (χ3v) is 18.7. The van der Waals surface area contributed by atoms with Crippen LogP contribution >= 0.6 is 15.6 Å². The van der Waals surface area contributed by atoms with E-state index in [-0.39, 0.29) is 25.7 Å². The van der Waals surface area contributed by atoms with Gasteiger partial charge in [-0.25, -0.2) is 9.13 Å². The number of hydrogen-bond donors (Lipinski definition) is 3. The SMILES string of the molecule is CC/C=C\C/C=C\C/C=C\C/C=C\C/C=C\CCCCCC(=O)OCC(COP(=O)(O)OCC(O)COP(=O)(O)OCC(COC(=O)CCCCCCCCC/C=C\C/C=C\C/C=C\CC)OC(=O)CCCC/C=C\C/C=C\C/C=C\C/C=C\CC)OC(=O)CCCCCCCCCCCCCCCCC. The van der Waals surface area contributed by atoms with Gasteiger partial charge in [0.1, 0.15) is 19.3 Å². The van der Waals surface area contributed by atoms with Crippen molar-refractivity contribution in [2.24, 2.45) is 0 Å². The average molecular weight is 1530 g/mol. The molecule has 19 heteroatoms. The maximum absolute atomic E-state index is 13.1. The lowest BCUT2D eigenvalue weighted by Gasteiger charge is -2.21. The molecule has 17 nitrogen and oxygen atoms in total. The van der Waals surface area contributed by atoms with Gasteiger partial charge in [-0.05, 0) is 141 Å². The second-order valence-electron chi connectivity index (χ2n) is 26.9. The number of rotatable bonds is 76. The van der Waals surface area contributed by atoms with Crippen LogP contribution in [0.25, 0.3) is 0 Å². The van der Waals surface area contributed by atoms with E-state index >= 15 is 0 Å². The third-order valence-electron chi connectivity index (χ3n) is 16.8. The zero-order chi connectivity index (χ0) is 77.4. The highest BCUT2D eigenvalue weighted by Gasteiger charge is 2.30. The molecule has 0 aliphatic rings. The lowest BCUT2D eigenvalue weighted by molar-refractivity contribution is -0.161. The lowest BCUT2D eigenvalue weighted by Crippen LogP contribution is -2.30. The van der Waals surface area contributed by atoms with Crippen LogP contribution in [0.4, 0.5) is 0 Å². The van der Waals surface area contributed by atoms with Crippen LogP contribution in [0.15, 0.2) is 146 Å². The molecule has 0 radical (unpaired) electrons. The molecule has 0 aliphatic heterocycles. The largest absolute Gasteiger partial charge is 0.472 e. The first kappa shape index (κ1) is 101. The highest BCUT2D eigenvalue weighted by Crippen LogP contribution is 2.45. The van der Waals surface area contributed by atoms with Crippen molar-refractivity contribution in [1.82, 2.24) is 0 Å². The van der Waals surface area contributed by atoms with E-state index in [1.165, 1.54) is 64.2 Å². The molecule has 0 aromatic heterocycles. The lowest BCUT2D eigenvalue weighted by atomic mass is 10.0. The Labute approximate surface area is 643 Å². The van der Waals surface area contributed by atoms with E-state index in [2.05, 4.69) is 174 Å². The molecule has 0 spiro atoms. The Morgan fingerprint density at radius 3 is 0.783 bits per heavy atom. The molecule has 3 N–H and O–H groups in total. The summed E-state index contributed by atoms with van der Waals surface area (Å²) in [6.07, 6.45) is 89.6. The van der Waals surface area contributed by atoms with E-state index in [9.17, 15) is 43.2 Å². The molecule has 606 valence electrons. The first-order valence-corrected chi connectivity index (χ1v) is 44.1. The van der Waals surface area contributed by atoms with Gasteiger partial charge < -0.3 is 33.8 Å². The van der Waals surface area contributed by atoms with Crippen LogP contribution in [0.5, 0.6) is 0 Å². The number of esters is 4. The highest BCUT2D eigenvalue weighted by atomic mass is 31.2. The molecule has 5 atom stereocenters. The molecule has 0 saturated carbocycles. The minimum absolute atomic E-state index is 0.0365. The molecule has 106 heavy (non-hydrogen) atoms. The molecule has 0 amide bonds. The normalized spacial score (nSPS) is 14.6. The monoisotopic (exact) mass is 1530 g/mol. The number of hydrogen-bond acceptors (Lipinski definition) is 15. The summed E-state index contributed by atoms with van der Waals surface area (Å²) in [6, 6.07) is 0. The van der Waals surface area contributed by atoms with Gasteiger partial charge in [-0.3, -0.25) is 37.3 Å². The molecule has 5 unspecified atom stereocenters. The number of ether oxygens (including phenoxy) is 4. The van der Waals surface area contributed by atoms with Crippen molar-refractivity contribution in [2.45, 2.75) is 341 Å². The molecule has 0 heterocycles. The number of phosphoric acid groups is 2. The van der Waals surface area contributed by atoms with Crippen molar-refractivity contribution in [1.29, 1.82) is 0 Å². The van der Waals surface area contributed by atoms with Crippen LogP contribution in [0.2, 0.25) is 0 Å². The first-order chi connectivity index (χ1) is 51.7. The Hall–Kier alpha value is -5.06. The summed E-state index contributed by atoms with van der Waals surface area (Å²) in [7, 11) is -9.99. The van der Waals surface area contributed by atoms with Gasteiger partial charge in [0, 0.05) is 25.7 Å². The number of phosphoric ester groups is 2.